The van der Waals surface area contributed by atoms with Crippen LogP contribution in [0.15, 0.2) is 54.6 Å². The molecule has 4 rings (SSSR count). The molecule has 2 saturated heterocycles. The van der Waals surface area contributed by atoms with Crippen LogP contribution in [0.1, 0.15) is 28.8 Å². The molecule has 3 N–H and O–H groups in total. The molecule has 7 heteroatoms. The maximum absolute atomic E-state index is 12.8. The second-order valence-corrected chi connectivity index (χ2v) is 7.42. The molecule has 2 fully saturated rings. The molecule has 2 bridgehead atoms. The van der Waals surface area contributed by atoms with Gasteiger partial charge in [-0.15, -0.1) is 0 Å². The van der Waals surface area contributed by atoms with Gasteiger partial charge in [0.15, 0.2) is 0 Å². The normalized spacial score (nSPS) is 24.8. The third-order valence-corrected chi connectivity index (χ3v) is 5.55. The SMILES string of the molecule is O=C(NCc1ccccc1)c1cccc(NC(=O)[C@@H]2[C@@H](C(=O)O)[C@@H]3CC[C@H]2O3)c1. The van der Waals surface area contributed by atoms with Crippen molar-refractivity contribution < 1.29 is 24.2 Å². The summed E-state index contributed by atoms with van der Waals surface area (Å²) in [4.78, 5) is 36.8. The Labute approximate surface area is 168 Å². The highest BCUT2D eigenvalue weighted by Gasteiger charge is 2.55. The summed E-state index contributed by atoms with van der Waals surface area (Å²) in [5, 5.41) is 15.1. The summed E-state index contributed by atoms with van der Waals surface area (Å²) in [7, 11) is 0. The number of carboxylic acid groups (broad SMARTS) is 1. The van der Waals surface area contributed by atoms with E-state index in [4.69, 9.17) is 4.74 Å². The highest BCUT2D eigenvalue weighted by Crippen LogP contribution is 2.44. The molecule has 7 nitrogen and oxygen atoms in total. The van der Waals surface area contributed by atoms with Crippen LogP contribution in [0.4, 0.5) is 5.69 Å². The van der Waals surface area contributed by atoms with Crippen molar-refractivity contribution in [1.29, 1.82) is 0 Å². The van der Waals surface area contributed by atoms with E-state index in [2.05, 4.69) is 10.6 Å². The Morgan fingerprint density at radius 3 is 2.41 bits per heavy atom. The lowest BCUT2D eigenvalue weighted by atomic mass is 9.78. The topological polar surface area (TPSA) is 105 Å². The van der Waals surface area contributed by atoms with Crippen LogP contribution in [-0.4, -0.2) is 35.1 Å². The second kappa shape index (κ2) is 8.05. The minimum Gasteiger partial charge on any atom is -0.481 e. The van der Waals surface area contributed by atoms with Gasteiger partial charge in [-0.05, 0) is 36.6 Å². The molecule has 0 radical (unpaired) electrons. The maximum Gasteiger partial charge on any atom is 0.310 e. The van der Waals surface area contributed by atoms with Crippen molar-refractivity contribution in [1.82, 2.24) is 5.32 Å². The third-order valence-electron chi connectivity index (χ3n) is 5.55. The Morgan fingerprint density at radius 2 is 1.69 bits per heavy atom. The number of hydrogen-bond donors (Lipinski definition) is 3. The molecule has 0 unspecified atom stereocenters. The van der Waals surface area contributed by atoms with Crippen LogP contribution in [-0.2, 0) is 20.9 Å². The molecule has 0 spiro atoms. The summed E-state index contributed by atoms with van der Waals surface area (Å²) in [5.41, 5.74) is 1.85. The largest absolute Gasteiger partial charge is 0.481 e. The Morgan fingerprint density at radius 1 is 0.966 bits per heavy atom. The van der Waals surface area contributed by atoms with Gasteiger partial charge in [0.25, 0.3) is 5.91 Å². The van der Waals surface area contributed by atoms with Gasteiger partial charge < -0.3 is 20.5 Å². The molecular weight excluding hydrogens is 372 g/mol. The fourth-order valence-electron chi connectivity index (χ4n) is 4.17. The summed E-state index contributed by atoms with van der Waals surface area (Å²) in [6.45, 7) is 0.402. The number of nitrogens with one attached hydrogen (secondary N) is 2. The zero-order chi connectivity index (χ0) is 20.4. The zero-order valence-electron chi connectivity index (χ0n) is 15.7. The molecule has 2 aromatic carbocycles. The van der Waals surface area contributed by atoms with Crippen molar-refractivity contribution in [2.45, 2.75) is 31.6 Å². The number of amides is 2. The maximum atomic E-state index is 12.8. The Balaban J connectivity index is 1.41. The minimum atomic E-state index is -1.01. The smallest absolute Gasteiger partial charge is 0.310 e. The molecule has 0 aromatic heterocycles. The van der Waals surface area contributed by atoms with E-state index >= 15 is 0 Å². The average molecular weight is 394 g/mol. The van der Waals surface area contributed by atoms with Crippen LogP contribution >= 0.6 is 0 Å². The van der Waals surface area contributed by atoms with Crippen LogP contribution in [0.3, 0.4) is 0 Å². The van der Waals surface area contributed by atoms with Gasteiger partial charge in [-0.2, -0.15) is 0 Å². The van der Waals surface area contributed by atoms with E-state index in [1.807, 2.05) is 30.3 Å². The van der Waals surface area contributed by atoms with Crippen molar-refractivity contribution in [2.24, 2.45) is 11.8 Å². The number of fused-ring (bicyclic) bond motifs is 2. The molecule has 2 aliphatic heterocycles. The second-order valence-electron chi connectivity index (χ2n) is 7.42. The Kier molecular flexibility index (Phi) is 5.31. The van der Waals surface area contributed by atoms with Crippen LogP contribution in [0.2, 0.25) is 0 Å². The molecule has 0 saturated carbocycles. The standard InChI is InChI=1S/C22H22N2O5/c25-20(23-12-13-5-2-1-3-6-13)14-7-4-8-15(11-14)24-21(26)18-16-9-10-17(29-16)19(18)22(27)28/h1-8,11,16-19H,9-10,12H2,(H,23,25)(H,24,26)(H,27,28)/t16-,17+,18+,19+/m1/s1. The Bertz CT molecular complexity index is 930. The molecule has 150 valence electrons. The van der Waals surface area contributed by atoms with Crippen molar-refractivity contribution >= 4 is 23.5 Å². The summed E-state index contributed by atoms with van der Waals surface area (Å²) in [6, 6.07) is 16.2. The fourth-order valence-corrected chi connectivity index (χ4v) is 4.17. The molecule has 2 amide bonds. The highest BCUT2D eigenvalue weighted by molar-refractivity contribution is 5.99. The summed E-state index contributed by atoms with van der Waals surface area (Å²) < 4.78 is 5.65. The number of benzene rings is 2. The van der Waals surface area contributed by atoms with E-state index in [9.17, 15) is 19.5 Å². The number of aliphatic carboxylic acids is 1. The minimum absolute atomic E-state index is 0.253. The number of carbonyl (C=O) groups is 3. The van der Waals surface area contributed by atoms with Gasteiger partial charge in [0.2, 0.25) is 5.91 Å². The first-order valence-corrected chi connectivity index (χ1v) is 9.64. The average Bonchev–Trinajstić information content (AvgIpc) is 3.34. The molecular formula is C22H22N2O5. The summed E-state index contributed by atoms with van der Waals surface area (Å²) >= 11 is 0. The van der Waals surface area contributed by atoms with Gasteiger partial charge in [-0.1, -0.05) is 36.4 Å². The predicted molar refractivity (Wildman–Crippen MR) is 105 cm³/mol. The summed E-state index contributed by atoms with van der Waals surface area (Å²) in [6.07, 6.45) is 0.596. The molecule has 0 aliphatic carbocycles. The lowest BCUT2D eigenvalue weighted by Crippen LogP contribution is -2.41. The number of carbonyl (C=O) groups excluding carboxylic acids is 2. The monoisotopic (exact) mass is 394 g/mol. The van der Waals surface area contributed by atoms with Crippen LogP contribution in [0.5, 0.6) is 0 Å². The number of rotatable bonds is 6. The van der Waals surface area contributed by atoms with Gasteiger partial charge in [0, 0.05) is 17.8 Å². The predicted octanol–water partition coefficient (Wildman–Crippen LogP) is 2.43. The fraction of sp³-hybridized carbons (Fsp3) is 0.318. The van der Waals surface area contributed by atoms with Crippen LogP contribution < -0.4 is 10.6 Å². The van der Waals surface area contributed by atoms with Gasteiger partial charge in [0.1, 0.15) is 0 Å². The molecule has 2 aromatic rings. The molecule has 2 heterocycles. The number of ether oxygens (including phenoxy) is 1. The van der Waals surface area contributed by atoms with Crippen LogP contribution in [0, 0.1) is 11.8 Å². The van der Waals surface area contributed by atoms with Gasteiger partial charge in [-0.25, -0.2) is 0 Å². The third kappa shape index (κ3) is 4.00. The number of carboxylic acids is 1. The Hall–Kier alpha value is -3.19. The van der Waals surface area contributed by atoms with E-state index in [1.54, 1.807) is 24.3 Å². The lowest BCUT2D eigenvalue weighted by Gasteiger charge is -2.23. The van der Waals surface area contributed by atoms with Crippen LogP contribution in [0.25, 0.3) is 0 Å². The van der Waals surface area contributed by atoms with Crippen molar-refractivity contribution in [3.8, 4) is 0 Å². The molecule has 29 heavy (non-hydrogen) atoms. The zero-order valence-corrected chi connectivity index (χ0v) is 15.7. The first kappa shape index (κ1) is 19.1. The van der Waals surface area contributed by atoms with Crippen molar-refractivity contribution in [3.63, 3.8) is 0 Å². The van der Waals surface area contributed by atoms with Crippen molar-refractivity contribution in [3.05, 3.63) is 65.7 Å². The number of anilines is 1. The van der Waals surface area contributed by atoms with E-state index in [-0.39, 0.29) is 17.9 Å². The first-order valence-electron chi connectivity index (χ1n) is 9.64. The van der Waals surface area contributed by atoms with Gasteiger partial charge >= 0.3 is 5.97 Å². The molecule has 4 atom stereocenters. The van der Waals surface area contributed by atoms with Gasteiger partial charge in [0.05, 0.1) is 24.0 Å². The lowest BCUT2D eigenvalue weighted by molar-refractivity contribution is -0.147. The first-order chi connectivity index (χ1) is 14.0. The summed E-state index contributed by atoms with van der Waals surface area (Å²) in [5.74, 6) is -3.19. The van der Waals surface area contributed by atoms with E-state index < -0.39 is 23.9 Å². The number of hydrogen-bond acceptors (Lipinski definition) is 4. The molecule has 2 aliphatic rings. The quantitative estimate of drug-likeness (QED) is 0.698. The van der Waals surface area contributed by atoms with Crippen molar-refractivity contribution in [2.75, 3.05) is 5.32 Å². The van der Waals surface area contributed by atoms with E-state index in [0.29, 0.717) is 30.6 Å². The van der Waals surface area contributed by atoms with Gasteiger partial charge in [-0.3, -0.25) is 14.4 Å². The van der Waals surface area contributed by atoms with E-state index in [1.165, 1.54) is 0 Å². The van der Waals surface area contributed by atoms with E-state index in [0.717, 1.165) is 5.56 Å². The highest BCUT2D eigenvalue weighted by atomic mass is 16.5.